The fourth-order valence-corrected chi connectivity index (χ4v) is 1.60. The van der Waals surface area contributed by atoms with Crippen LogP contribution in [-0.2, 0) is 11.8 Å². The summed E-state index contributed by atoms with van der Waals surface area (Å²) in [6, 6.07) is 2.10. The molecule has 0 amide bonds. The zero-order valence-corrected chi connectivity index (χ0v) is 10.0. The first-order valence-electron chi connectivity index (χ1n) is 5.45. The number of aliphatic carboxylic acids is 1. The maximum absolute atomic E-state index is 10.3. The highest BCUT2D eigenvalue weighted by Gasteiger charge is 2.11. The molecule has 2 N–H and O–H groups in total. The fourth-order valence-electron chi connectivity index (χ4n) is 1.60. The molecule has 0 atom stereocenters. The average Bonchev–Trinajstić information content (AvgIpc) is 2.52. The van der Waals surface area contributed by atoms with Gasteiger partial charge in [-0.2, -0.15) is 10.4 Å². The average molecular weight is 236 g/mol. The van der Waals surface area contributed by atoms with Crippen LogP contribution in [0.2, 0.25) is 0 Å². The molecule has 0 bridgehead atoms. The van der Waals surface area contributed by atoms with Crippen LogP contribution in [0.4, 0.5) is 5.82 Å². The third-order valence-corrected chi connectivity index (χ3v) is 2.44. The summed E-state index contributed by atoms with van der Waals surface area (Å²) >= 11 is 0. The Kier molecular flexibility index (Phi) is 4.52. The van der Waals surface area contributed by atoms with Crippen molar-refractivity contribution in [1.82, 2.24) is 9.78 Å². The number of hydrogen-bond donors (Lipinski definition) is 2. The molecule has 1 aromatic heterocycles. The summed E-state index contributed by atoms with van der Waals surface area (Å²) in [6.45, 7) is 2.43. The molecule has 1 rings (SSSR count). The van der Waals surface area contributed by atoms with E-state index in [0.29, 0.717) is 30.0 Å². The van der Waals surface area contributed by atoms with Crippen LogP contribution in [0.25, 0.3) is 0 Å². The number of rotatable bonds is 6. The van der Waals surface area contributed by atoms with Gasteiger partial charge in [-0.1, -0.05) is 0 Å². The maximum Gasteiger partial charge on any atom is 0.303 e. The minimum Gasteiger partial charge on any atom is -0.481 e. The molecule has 0 radical (unpaired) electrons. The Balaban J connectivity index is 2.47. The first kappa shape index (κ1) is 13.0. The Morgan fingerprint density at radius 3 is 2.88 bits per heavy atom. The quantitative estimate of drug-likeness (QED) is 0.726. The van der Waals surface area contributed by atoms with Crippen LogP contribution in [0.1, 0.15) is 30.5 Å². The van der Waals surface area contributed by atoms with Gasteiger partial charge in [-0.3, -0.25) is 9.48 Å². The lowest BCUT2D eigenvalue weighted by Gasteiger charge is -2.06. The summed E-state index contributed by atoms with van der Waals surface area (Å²) in [5.74, 6) is -0.0839. The number of carboxylic acid groups (broad SMARTS) is 1. The van der Waals surface area contributed by atoms with E-state index in [1.54, 1.807) is 18.7 Å². The van der Waals surface area contributed by atoms with Crippen molar-refractivity contribution >= 4 is 11.8 Å². The van der Waals surface area contributed by atoms with Crippen LogP contribution in [0, 0.1) is 18.3 Å². The minimum absolute atomic E-state index is 0.178. The molecule has 0 aliphatic heterocycles. The third-order valence-electron chi connectivity index (χ3n) is 2.44. The van der Waals surface area contributed by atoms with E-state index in [2.05, 4.69) is 16.5 Å². The van der Waals surface area contributed by atoms with Gasteiger partial charge >= 0.3 is 5.97 Å². The number of anilines is 1. The van der Waals surface area contributed by atoms with E-state index in [0.717, 1.165) is 6.42 Å². The molecule has 0 aliphatic carbocycles. The Morgan fingerprint density at radius 2 is 2.29 bits per heavy atom. The van der Waals surface area contributed by atoms with Gasteiger partial charge in [0.05, 0.1) is 5.69 Å². The Labute approximate surface area is 99.9 Å². The van der Waals surface area contributed by atoms with E-state index < -0.39 is 5.97 Å². The van der Waals surface area contributed by atoms with Gasteiger partial charge in [-0.25, -0.2) is 0 Å². The molecular weight excluding hydrogens is 220 g/mol. The van der Waals surface area contributed by atoms with Crippen molar-refractivity contribution in [3.8, 4) is 6.07 Å². The topological polar surface area (TPSA) is 90.9 Å². The van der Waals surface area contributed by atoms with Crippen LogP contribution < -0.4 is 5.32 Å². The second kappa shape index (κ2) is 5.89. The van der Waals surface area contributed by atoms with Crippen LogP contribution in [-0.4, -0.2) is 27.4 Å². The Hall–Kier alpha value is -2.03. The van der Waals surface area contributed by atoms with E-state index in [1.807, 2.05) is 0 Å². The van der Waals surface area contributed by atoms with Crippen molar-refractivity contribution in [3.05, 3.63) is 11.3 Å². The van der Waals surface area contributed by atoms with E-state index in [-0.39, 0.29) is 6.42 Å². The SMILES string of the molecule is Cc1nn(C)c(NCCCCC(=O)O)c1C#N. The first-order chi connectivity index (χ1) is 8.06. The lowest BCUT2D eigenvalue weighted by atomic mass is 10.2. The number of aromatic nitrogens is 2. The third kappa shape index (κ3) is 3.48. The van der Waals surface area contributed by atoms with Crippen LogP contribution in [0.15, 0.2) is 0 Å². The summed E-state index contributed by atoms with van der Waals surface area (Å²) in [5, 5.41) is 24.7. The van der Waals surface area contributed by atoms with Gasteiger partial charge in [-0.05, 0) is 19.8 Å². The Morgan fingerprint density at radius 1 is 1.59 bits per heavy atom. The lowest BCUT2D eigenvalue weighted by molar-refractivity contribution is -0.137. The summed E-state index contributed by atoms with van der Waals surface area (Å²) in [5.41, 5.74) is 1.24. The van der Waals surface area contributed by atoms with E-state index in [9.17, 15) is 4.79 Å². The fraction of sp³-hybridized carbons (Fsp3) is 0.545. The lowest BCUT2D eigenvalue weighted by Crippen LogP contribution is -2.08. The maximum atomic E-state index is 10.3. The van der Waals surface area contributed by atoms with Crippen LogP contribution >= 0.6 is 0 Å². The standard InChI is InChI=1S/C11H16N4O2/c1-8-9(7-12)11(15(2)14-8)13-6-4-3-5-10(16)17/h13H,3-6H2,1-2H3,(H,16,17). The predicted octanol–water partition coefficient (Wildman–Crippen LogP) is 1.27. The molecule has 0 saturated heterocycles. The highest BCUT2D eigenvalue weighted by molar-refractivity contribution is 5.66. The number of nitrogens with one attached hydrogen (secondary N) is 1. The monoisotopic (exact) mass is 236 g/mol. The normalized spacial score (nSPS) is 9.94. The number of hydrogen-bond acceptors (Lipinski definition) is 4. The van der Waals surface area contributed by atoms with Gasteiger partial charge in [0.2, 0.25) is 0 Å². The summed E-state index contributed by atoms with van der Waals surface area (Å²) in [7, 11) is 1.77. The number of unbranched alkanes of at least 4 members (excludes halogenated alkanes) is 1. The second-order valence-corrected chi connectivity index (χ2v) is 3.82. The van der Waals surface area contributed by atoms with Crippen molar-refractivity contribution in [1.29, 1.82) is 5.26 Å². The zero-order chi connectivity index (χ0) is 12.8. The van der Waals surface area contributed by atoms with E-state index >= 15 is 0 Å². The highest BCUT2D eigenvalue weighted by atomic mass is 16.4. The molecular formula is C11H16N4O2. The molecule has 1 aromatic rings. The molecule has 6 nitrogen and oxygen atoms in total. The van der Waals surface area contributed by atoms with Gasteiger partial charge in [-0.15, -0.1) is 0 Å². The smallest absolute Gasteiger partial charge is 0.303 e. The molecule has 0 fully saturated rings. The van der Waals surface area contributed by atoms with Gasteiger partial charge < -0.3 is 10.4 Å². The molecule has 0 aliphatic rings. The second-order valence-electron chi connectivity index (χ2n) is 3.82. The van der Waals surface area contributed by atoms with Crippen molar-refractivity contribution in [2.45, 2.75) is 26.2 Å². The molecule has 92 valence electrons. The van der Waals surface area contributed by atoms with Gasteiger partial charge in [0, 0.05) is 20.0 Å². The van der Waals surface area contributed by atoms with Crippen molar-refractivity contribution < 1.29 is 9.90 Å². The van der Waals surface area contributed by atoms with Crippen LogP contribution in [0.3, 0.4) is 0 Å². The molecule has 0 spiro atoms. The summed E-state index contributed by atoms with van der Waals surface area (Å²) in [4.78, 5) is 10.3. The molecule has 0 aromatic carbocycles. The number of nitriles is 1. The first-order valence-corrected chi connectivity index (χ1v) is 5.45. The number of carbonyl (C=O) groups is 1. The van der Waals surface area contributed by atoms with Crippen molar-refractivity contribution in [3.63, 3.8) is 0 Å². The van der Waals surface area contributed by atoms with Gasteiger partial charge in [0.1, 0.15) is 17.5 Å². The largest absolute Gasteiger partial charge is 0.481 e. The van der Waals surface area contributed by atoms with Gasteiger partial charge in [0.25, 0.3) is 0 Å². The number of nitrogens with zero attached hydrogens (tertiary/aromatic N) is 3. The van der Waals surface area contributed by atoms with Crippen LogP contribution in [0.5, 0.6) is 0 Å². The van der Waals surface area contributed by atoms with E-state index in [1.165, 1.54) is 0 Å². The van der Waals surface area contributed by atoms with Gasteiger partial charge in [0.15, 0.2) is 0 Å². The summed E-state index contributed by atoms with van der Waals surface area (Å²) < 4.78 is 1.63. The molecule has 0 saturated carbocycles. The molecule has 0 unspecified atom stereocenters. The summed E-state index contributed by atoms with van der Waals surface area (Å²) in [6.07, 6.45) is 1.56. The predicted molar refractivity (Wildman–Crippen MR) is 62.6 cm³/mol. The number of aryl methyl sites for hydroxylation is 2. The van der Waals surface area contributed by atoms with E-state index in [4.69, 9.17) is 10.4 Å². The highest BCUT2D eigenvalue weighted by Crippen LogP contribution is 2.17. The van der Waals surface area contributed by atoms with Crippen molar-refractivity contribution in [2.75, 3.05) is 11.9 Å². The minimum atomic E-state index is -0.779. The molecule has 6 heteroatoms. The van der Waals surface area contributed by atoms with Crippen molar-refractivity contribution in [2.24, 2.45) is 7.05 Å². The number of carboxylic acids is 1. The molecule has 1 heterocycles. The molecule has 17 heavy (non-hydrogen) atoms. The Bertz CT molecular complexity index is 445. The zero-order valence-electron chi connectivity index (χ0n) is 10.0.